The van der Waals surface area contributed by atoms with Crippen LogP contribution in [-0.4, -0.2) is 66.4 Å². The van der Waals surface area contributed by atoms with Gasteiger partial charge in [-0.25, -0.2) is 0 Å². The molecule has 0 heterocycles. The van der Waals surface area contributed by atoms with E-state index in [2.05, 4.69) is 19.9 Å². The van der Waals surface area contributed by atoms with Crippen molar-refractivity contribution in [2.45, 2.75) is 69.2 Å². The molecular formula is C30H31NO10. The van der Waals surface area contributed by atoms with Gasteiger partial charge in [0.1, 0.15) is 34.5 Å². The number of carbonyl (C=O) groups excluding carboxylic acids is 3. The van der Waals surface area contributed by atoms with E-state index >= 15 is 0 Å². The largest absolute Gasteiger partial charge is 0.508 e. The van der Waals surface area contributed by atoms with Gasteiger partial charge in [0.05, 0.1) is 18.1 Å². The molecule has 0 saturated heterocycles. The van der Waals surface area contributed by atoms with E-state index in [0.717, 1.165) is 18.4 Å². The van der Waals surface area contributed by atoms with Crippen LogP contribution in [0, 0.1) is 5.41 Å². The fourth-order valence-corrected chi connectivity index (χ4v) is 8.11. The van der Waals surface area contributed by atoms with Gasteiger partial charge in [0, 0.05) is 34.4 Å². The lowest BCUT2D eigenvalue weighted by Crippen LogP contribution is -2.69. The van der Waals surface area contributed by atoms with Crippen molar-refractivity contribution in [3.05, 3.63) is 51.3 Å². The number of benzene rings is 2. The normalized spacial score (nSPS) is 31.8. The number of carbonyl (C=O) groups is 3. The Balaban J connectivity index is 1.79. The molecule has 41 heavy (non-hydrogen) atoms. The molecule has 2 aromatic carbocycles. The second kappa shape index (κ2) is 7.87. The van der Waals surface area contributed by atoms with Crippen LogP contribution >= 0.6 is 0 Å². The van der Waals surface area contributed by atoms with Crippen molar-refractivity contribution < 1.29 is 49.8 Å². The molecule has 0 aliphatic heterocycles. The van der Waals surface area contributed by atoms with Crippen LogP contribution in [0.15, 0.2) is 29.0 Å². The lowest BCUT2D eigenvalue weighted by atomic mass is 9.54. The van der Waals surface area contributed by atoms with Gasteiger partial charge in [-0.05, 0) is 37.2 Å². The number of hydrogen-bond donors (Lipinski definition) is 7. The Morgan fingerprint density at radius 3 is 2.34 bits per heavy atom. The lowest BCUT2D eigenvalue weighted by molar-refractivity contribution is -0.193. The number of phenolic OH excluding ortho intramolecular Hbond substituents is 2. The van der Waals surface area contributed by atoms with E-state index in [1.807, 2.05) is 6.92 Å². The number of amides is 1. The highest BCUT2D eigenvalue weighted by molar-refractivity contribution is 6.24. The Hall–Kier alpha value is -3.93. The van der Waals surface area contributed by atoms with Gasteiger partial charge in [0.2, 0.25) is 11.4 Å². The number of aliphatic hydroxyl groups excluding tert-OH is 2. The second-order valence-electron chi connectivity index (χ2n) is 12.3. The summed E-state index contributed by atoms with van der Waals surface area (Å²) < 4.78 is 5.73. The maximum atomic E-state index is 14.1. The van der Waals surface area contributed by atoms with Crippen LogP contribution in [0.2, 0.25) is 0 Å². The number of ketones is 2. The monoisotopic (exact) mass is 565 g/mol. The minimum atomic E-state index is -3.41. The Morgan fingerprint density at radius 1 is 1.10 bits per heavy atom. The summed E-state index contributed by atoms with van der Waals surface area (Å²) in [5.41, 5.74) is -2.49. The Morgan fingerprint density at radius 2 is 1.76 bits per heavy atom. The van der Waals surface area contributed by atoms with Crippen molar-refractivity contribution in [2.24, 2.45) is 11.1 Å². The molecule has 6 rings (SSSR count). The number of allylic oxidation sites excluding steroid dienone is 2. The zero-order valence-corrected chi connectivity index (χ0v) is 23.0. The number of Topliss-reactive ketones (excluding diaryl/α,β-unsaturated/α-hetero) is 2. The van der Waals surface area contributed by atoms with Crippen molar-refractivity contribution in [1.82, 2.24) is 0 Å². The van der Waals surface area contributed by atoms with Crippen LogP contribution in [0.3, 0.4) is 0 Å². The van der Waals surface area contributed by atoms with Crippen molar-refractivity contribution in [3.63, 3.8) is 0 Å². The molecular weight excluding hydrogens is 534 g/mol. The lowest BCUT2D eigenvalue weighted by Gasteiger charge is -2.51. The van der Waals surface area contributed by atoms with Gasteiger partial charge >= 0.3 is 0 Å². The molecule has 2 aromatic rings. The van der Waals surface area contributed by atoms with E-state index < -0.39 is 80.4 Å². The third-order valence-corrected chi connectivity index (χ3v) is 10.2. The number of primary amides is 1. The molecule has 11 heteroatoms. The van der Waals surface area contributed by atoms with Gasteiger partial charge in [0.15, 0.2) is 11.5 Å². The van der Waals surface area contributed by atoms with Crippen LogP contribution in [0.25, 0.3) is 10.8 Å². The summed E-state index contributed by atoms with van der Waals surface area (Å²) in [7, 11) is 1.44. The van der Waals surface area contributed by atoms with E-state index in [-0.39, 0.29) is 17.4 Å². The van der Waals surface area contributed by atoms with E-state index in [4.69, 9.17) is 10.5 Å². The smallest absolute Gasteiger partial charge is 0.255 e. The third kappa shape index (κ3) is 2.76. The summed E-state index contributed by atoms with van der Waals surface area (Å²) in [6.45, 7) is 6.10. The Kier molecular flexibility index (Phi) is 5.23. The average molecular weight is 566 g/mol. The molecule has 4 unspecified atom stereocenters. The topological polar surface area (TPSA) is 208 Å². The zero-order valence-electron chi connectivity index (χ0n) is 23.0. The first-order chi connectivity index (χ1) is 19.0. The Labute approximate surface area is 234 Å². The highest BCUT2D eigenvalue weighted by Crippen LogP contribution is 2.66. The van der Waals surface area contributed by atoms with Gasteiger partial charge in [-0.2, -0.15) is 0 Å². The molecule has 4 aliphatic carbocycles. The first-order valence-corrected chi connectivity index (χ1v) is 13.3. The van der Waals surface area contributed by atoms with Crippen molar-refractivity contribution in [2.75, 3.05) is 7.11 Å². The number of rotatable bonds is 2. The van der Waals surface area contributed by atoms with Gasteiger partial charge in [0.25, 0.3) is 5.91 Å². The van der Waals surface area contributed by atoms with Crippen LogP contribution in [0.1, 0.15) is 73.2 Å². The van der Waals surface area contributed by atoms with Gasteiger partial charge in [-0.15, -0.1) is 0 Å². The minimum absolute atomic E-state index is 0.138. The minimum Gasteiger partial charge on any atom is -0.508 e. The quantitative estimate of drug-likeness (QED) is 0.207. The first-order valence-electron chi connectivity index (χ1n) is 13.3. The summed E-state index contributed by atoms with van der Waals surface area (Å²) in [5.74, 6) is -6.54. The van der Waals surface area contributed by atoms with Crippen LogP contribution in [0.4, 0.5) is 0 Å². The maximum Gasteiger partial charge on any atom is 0.255 e. The van der Waals surface area contributed by atoms with Gasteiger partial charge in [-0.1, -0.05) is 25.5 Å². The van der Waals surface area contributed by atoms with E-state index in [9.17, 15) is 45.0 Å². The molecule has 0 saturated carbocycles. The van der Waals surface area contributed by atoms with Crippen molar-refractivity contribution in [3.8, 4) is 17.2 Å². The third-order valence-electron chi connectivity index (χ3n) is 10.2. The highest BCUT2D eigenvalue weighted by Gasteiger charge is 2.71. The number of phenols is 2. The summed E-state index contributed by atoms with van der Waals surface area (Å²) in [5, 5.41) is 68.9. The fraction of sp³-hybridized carbons (Fsp3) is 0.433. The van der Waals surface area contributed by atoms with E-state index in [1.54, 1.807) is 0 Å². The molecule has 4 aliphatic rings. The summed E-state index contributed by atoms with van der Waals surface area (Å²) in [6.07, 6.45) is 0.488. The first kappa shape index (κ1) is 27.3. The average Bonchev–Trinajstić information content (AvgIpc) is 3.24. The summed E-state index contributed by atoms with van der Waals surface area (Å²) in [6, 6.07) is 1.33. The van der Waals surface area contributed by atoms with Crippen LogP contribution in [-0.2, 0) is 21.4 Å². The molecule has 0 aromatic heterocycles. The van der Waals surface area contributed by atoms with Crippen molar-refractivity contribution >= 4 is 28.2 Å². The highest BCUT2D eigenvalue weighted by atomic mass is 16.5. The molecule has 1 amide bonds. The molecule has 216 valence electrons. The predicted octanol–water partition coefficient (Wildman–Crippen LogP) is 1.78. The molecule has 1 spiro atoms. The molecule has 0 radical (unpaired) electrons. The van der Waals surface area contributed by atoms with Crippen LogP contribution < -0.4 is 10.5 Å². The van der Waals surface area contributed by atoms with Crippen LogP contribution in [0.5, 0.6) is 17.2 Å². The Bertz CT molecular complexity index is 1720. The molecule has 4 atom stereocenters. The second-order valence-corrected chi connectivity index (χ2v) is 12.3. The van der Waals surface area contributed by atoms with Gasteiger partial charge in [-0.3, -0.25) is 14.4 Å². The molecule has 0 bridgehead atoms. The zero-order chi connectivity index (χ0) is 30.2. The predicted molar refractivity (Wildman–Crippen MR) is 144 cm³/mol. The maximum absolute atomic E-state index is 14.1. The molecule has 8 N–H and O–H groups in total. The number of nitrogens with two attached hydrogens (primary N) is 1. The number of methoxy groups -OCH3 is 1. The standard InChI is InChI=1S/C30H31NO10/c1-11-6-5-7-27(2,3)28(11)9-12-16-18(13(32)8-15(41-4)21(16)28)22(34)20-17(12)23(35)29(39)10-14(33)19(26(31)38)24(36)30(29,40)25(20)37/h6,8,23,32,34-36,39-40H,5,7,9-10H2,1-4H3,(H2,31,38). The number of aliphatic hydroxyl groups is 4. The molecule has 0 fully saturated rings. The summed E-state index contributed by atoms with van der Waals surface area (Å²) >= 11 is 0. The van der Waals surface area contributed by atoms with Gasteiger partial charge < -0.3 is 41.1 Å². The fourth-order valence-electron chi connectivity index (χ4n) is 8.11. The number of ether oxygens (including phenoxy) is 1. The van der Waals surface area contributed by atoms with E-state index in [1.165, 1.54) is 13.2 Å². The van der Waals surface area contributed by atoms with E-state index in [0.29, 0.717) is 22.3 Å². The van der Waals surface area contributed by atoms with Crippen molar-refractivity contribution in [1.29, 1.82) is 0 Å². The molecule has 11 nitrogen and oxygen atoms in total. The number of fused-ring (bicyclic) bond motifs is 4. The SMILES string of the molecule is COc1cc(O)c2c(O)c3c(c4c2c1C1(C4)C(C)=CCCC1(C)C)C(O)C1(O)CC(=O)C(C(N)=O)=C(O)C1(O)C3=O. The summed E-state index contributed by atoms with van der Waals surface area (Å²) in [4.78, 5) is 38.9. The number of hydrogen-bond acceptors (Lipinski definition) is 10. The number of aromatic hydroxyl groups is 2.